The van der Waals surface area contributed by atoms with Crippen molar-refractivity contribution in [3.8, 4) is 0 Å². The van der Waals surface area contributed by atoms with Gasteiger partial charge >= 0.3 is 6.01 Å². The summed E-state index contributed by atoms with van der Waals surface area (Å²) in [5, 5.41) is 7.07. The zero-order chi connectivity index (χ0) is 13.3. The first-order valence-corrected chi connectivity index (χ1v) is 7.04. The average Bonchev–Trinajstić information content (AvgIpc) is 2.62. The van der Waals surface area contributed by atoms with Crippen molar-refractivity contribution in [1.82, 2.24) is 10.2 Å². The predicted octanol–water partition coefficient (Wildman–Crippen LogP) is 1.52. The van der Waals surface area contributed by atoms with Crippen molar-refractivity contribution in [2.45, 2.75) is 11.8 Å². The second-order valence-electron chi connectivity index (χ2n) is 3.41. The van der Waals surface area contributed by atoms with Crippen molar-refractivity contribution in [2.75, 3.05) is 10.5 Å². The molecule has 0 aliphatic carbocycles. The third kappa shape index (κ3) is 2.62. The Labute approximate surface area is 112 Å². The monoisotopic (exact) mass is 332 g/mol. The topological polar surface area (TPSA) is 111 Å². The number of nitrogens with two attached hydrogens (primary N) is 1. The van der Waals surface area contributed by atoms with Gasteiger partial charge in [0.2, 0.25) is 5.89 Å². The van der Waals surface area contributed by atoms with Gasteiger partial charge in [0.25, 0.3) is 10.0 Å². The standard InChI is InChI=1S/C9H9BrN4O3S/c1-5-12-13-9(17-5)14-18(15,16)8-3-2-6(10)4-7(8)11/h2-4H,11H2,1H3,(H,13,14). The van der Waals surface area contributed by atoms with Gasteiger partial charge in [0, 0.05) is 11.4 Å². The summed E-state index contributed by atoms with van der Waals surface area (Å²) in [6.45, 7) is 1.55. The molecule has 0 spiro atoms. The summed E-state index contributed by atoms with van der Waals surface area (Å²) in [4.78, 5) is -0.0541. The zero-order valence-electron chi connectivity index (χ0n) is 9.21. The summed E-state index contributed by atoms with van der Waals surface area (Å²) >= 11 is 3.20. The van der Waals surface area contributed by atoms with E-state index in [1.807, 2.05) is 0 Å². The van der Waals surface area contributed by atoms with Crippen molar-refractivity contribution >= 4 is 37.7 Å². The Balaban J connectivity index is 2.36. The van der Waals surface area contributed by atoms with E-state index in [1.54, 1.807) is 13.0 Å². The van der Waals surface area contributed by atoms with Crippen molar-refractivity contribution in [2.24, 2.45) is 0 Å². The highest BCUT2D eigenvalue weighted by molar-refractivity contribution is 9.10. The molecule has 0 bridgehead atoms. The molecule has 96 valence electrons. The van der Waals surface area contributed by atoms with E-state index >= 15 is 0 Å². The fourth-order valence-corrected chi connectivity index (χ4v) is 2.69. The molecule has 0 saturated heterocycles. The summed E-state index contributed by atoms with van der Waals surface area (Å²) in [5.74, 6) is 0.261. The number of nitrogens with one attached hydrogen (secondary N) is 1. The van der Waals surface area contributed by atoms with Gasteiger partial charge in [-0.2, -0.15) is 0 Å². The van der Waals surface area contributed by atoms with Crippen LogP contribution < -0.4 is 10.5 Å². The number of aromatic nitrogens is 2. The van der Waals surface area contributed by atoms with Crippen LogP contribution in [0.25, 0.3) is 0 Å². The maximum Gasteiger partial charge on any atom is 0.329 e. The number of sulfonamides is 1. The highest BCUT2D eigenvalue weighted by atomic mass is 79.9. The Bertz CT molecular complexity index is 683. The minimum absolute atomic E-state index is 0.0541. The maximum atomic E-state index is 12.0. The second-order valence-corrected chi connectivity index (χ2v) is 5.98. The molecule has 0 fully saturated rings. The Morgan fingerprint density at radius 2 is 2.11 bits per heavy atom. The first kappa shape index (κ1) is 12.8. The van der Waals surface area contributed by atoms with Gasteiger partial charge in [0.1, 0.15) is 4.90 Å². The molecule has 1 aromatic heterocycles. The van der Waals surface area contributed by atoms with E-state index in [2.05, 4.69) is 30.8 Å². The van der Waals surface area contributed by atoms with Crippen LogP contribution in [0.2, 0.25) is 0 Å². The normalized spacial score (nSPS) is 11.4. The molecule has 9 heteroatoms. The molecule has 0 saturated carbocycles. The van der Waals surface area contributed by atoms with Gasteiger partial charge in [-0.1, -0.05) is 21.0 Å². The van der Waals surface area contributed by atoms with Gasteiger partial charge < -0.3 is 10.2 Å². The average molecular weight is 333 g/mol. The second kappa shape index (κ2) is 4.58. The number of hydrogen-bond donors (Lipinski definition) is 2. The Hall–Kier alpha value is -1.61. The van der Waals surface area contributed by atoms with E-state index in [1.165, 1.54) is 12.1 Å². The van der Waals surface area contributed by atoms with Gasteiger partial charge in [0.05, 0.1) is 5.69 Å². The molecule has 3 N–H and O–H groups in total. The third-order valence-electron chi connectivity index (χ3n) is 2.01. The SMILES string of the molecule is Cc1nnc(NS(=O)(=O)c2ccc(Br)cc2N)o1. The largest absolute Gasteiger partial charge is 0.408 e. The van der Waals surface area contributed by atoms with E-state index in [0.717, 1.165) is 0 Å². The fraction of sp³-hybridized carbons (Fsp3) is 0.111. The smallest absolute Gasteiger partial charge is 0.329 e. The van der Waals surface area contributed by atoms with Crippen LogP contribution in [-0.4, -0.2) is 18.6 Å². The van der Waals surface area contributed by atoms with Gasteiger partial charge in [-0.3, -0.25) is 0 Å². The highest BCUT2D eigenvalue weighted by Crippen LogP contribution is 2.24. The van der Waals surface area contributed by atoms with Crippen molar-refractivity contribution in [3.63, 3.8) is 0 Å². The Morgan fingerprint density at radius 3 is 2.67 bits per heavy atom. The number of hydrogen-bond acceptors (Lipinski definition) is 6. The highest BCUT2D eigenvalue weighted by Gasteiger charge is 2.20. The summed E-state index contributed by atoms with van der Waals surface area (Å²) in [5.41, 5.74) is 5.77. The molecular weight excluding hydrogens is 324 g/mol. The molecule has 0 unspecified atom stereocenters. The van der Waals surface area contributed by atoms with Crippen LogP contribution in [0.5, 0.6) is 0 Å². The number of benzene rings is 1. The van der Waals surface area contributed by atoms with Crippen LogP contribution in [0, 0.1) is 6.92 Å². The molecule has 0 radical (unpaired) electrons. The molecule has 0 amide bonds. The number of nitrogens with zero attached hydrogens (tertiary/aromatic N) is 2. The van der Waals surface area contributed by atoms with Crippen LogP contribution in [-0.2, 0) is 10.0 Å². The third-order valence-corrected chi connectivity index (χ3v) is 3.90. The number of halogens is 1. The zero-order valence-corrected chi connectivity index (χ0v) is 11.6. The van der Waals surface area contributed by atoms with Crippen LogP contribution in [0.4, 0.5) is 11.7 Å². The lowest BCUT2D eigenvalue weighted by Crippen LogP contribution is -2.15. The van der Waals surface area contributed by atoms with Crippen LogP contribution in [0.1, 0.15) is 5.89 Å². The van der Waals surface area contributed by atoms with E-state index < -0.39 is 10.0 Å². The maximum absolute atomic E-state index is 12.0. The molecule has 0 atom stereocenters. The molecule has 2 rings (SSSR count). The van der Waals surface area contributed by atoms with E-state index in [9.17, 15) is 8.42 Å². The Kier molecular flexibility index (Phi) is 3.26. The van der Waals surface area contributed by atoms with Crippen LogP contribution in [0.3, 0.4) is 0 Å². The lowest BCUT2D eigenvalue weighted by atomic mass is 10.3. The van der Waals surface area contributed by atoms with E-state index in [0.29, 0.717) is 4.47 Å². The molecule has 0 aliphatic rings. The molecule has 7 nitrogen and oxygen atoms in total. The predicted molar refractivity (Wildman–Crippen MR) is 68.4 cm³/mol. The molecule has 18 heavy (non-hydrogen) atoms. The number of anilines is 2. The van der Waals surface area contributed by atoms with Crippen molar-refractivity contribution < 1.29 is 12.8 Å². The van der Waals surface area contributed by atoms with E-state index in [-0.39, 0.29) is 22.5 Å². The molecule has 0 aliphatic heterocycles. The Morgan fingerprint density at radius 1 is 1.39 bits per heavy atom. The summed E-state index contributed by atoms with van der Waals surface area (Å²) < 4.78 is 31.8. The molecular formula is C9H9BrN4O3S. The summed E-state index contributed by atoms with van der Waals surface area (Å²) in [7, 11) is -3.84. The van der Waals surface area contributed by atoms with Gasteiger partial charge in [-0.25, -0.2) is 13.1 Å². The van der Waals surface area contributed by atoms with Gasteiger partial charge in [-0.05, 0) is 18.2 Å². The first-order valence-electron chi connectivity index (χ1n) is 4.76. The van der Waals surface area contributed by atoms with Crippen molar-refractivity contribution in [3.05, 3.63) is 28.6 Å². The lowest BCUT2D eigenvalue weighted by molar-refractivity contribution is 0.534. The minimum Gasteiger partial charge on any atom is -0.408 e. The summed E-state index contributed by atoms with van der Waals surface area (Å²) in [6, 6.07) is 4.25. The number of nitrogen functional groups attached to an aromatic ring is 1. The van der Waals surface area contributed by atoms with Gasteiger partial charge in [0.15, 0.2) is 0 Å². The van der Waals surface area contributed by atoms with Crippen molar-refractivity contribution in [1.29, 1.82) is 0 Å². The number of aryl methyl sites for hydroxylation is 1. The quantitative estimate of drug-likeness (QED) is 0.824. The minimum atomic E-state index is -3.84. The molecule has 1 aromatic carbocycles. The lowest BCUT2D eigenvalue weighted by Gasteiger charge is -2.07. The molecule has 1 heterocycles. The first-order chi connectivity index (χ1) is 8.38. The van der Waals surface area contributed by atoms with Gasteiger partial charge in [-0.15, -0.1) is 5.10 Å². The fourth-order valence-electron chi connectivity index (χ4n) is 1.27. The summed E-state index contributed by atoms with van der Waals surface area (Å²) in [6.07, 6.45) is 0. The van der Waals surface area contributed by atoms with Crippen LogP contribution >= 0.6 is 15.9 Å². The van der Waals surface area contributed by atoms with Crippen LogP contribution in [0.15, 0.2) is 32.0 Å². The molecule has 2 aromatic rings. The number of rotatable bonds is 3. The van der Waals surface area contributed by atoms with E-state index in [4.69, 9.17) is 10.2 Å².